The molecule has 1 aromatic rings. The largest absolute Gasteiger partial charge is 0.432 e. The van der Waals surface area contributed by atoms with Gasteiger partial charge in [-0.25, -0.2) is 4.79 Å². The van der Waals surface area contributed by atoms with E-state index in [1.54, 1.807) is 6.92 Å². The minimum atomic E-state index is -1.10. The molecule has 1 aliphatic heterocycles. The van der Waals surface area contributed by atoms with E-state index in [0.29, 0.717) is 6.42 Å². The fourth-order valence-electron chi connectivity index (χ4n) is 1.83. The Hall–Kier alpha value is -1.36. The van der Waals surface area contributed by atoms with E-state index in [1.165, 1.54) is 0 Å². The topological polar surface area (TPSA) is 55.4 Å². The molecule has 1 heterocycles. The summed E-state index contributed by atoms with van der Waals surface area (Å²) in [6, 6.07) is 7.81. The number of rotatable bonds is 3. The highest BCUT2D eigenvalue weighted by molar-refractivity contribution is 9.08. The molecule has 0 spiro atoms. The Labute approximate surface area is 107 Å². The normalized spacial score (nSPS) is 23.4. The fraction of sp³-hybridized carbons (Fsp3) is 0.333. The van der Waals surface area contributed by atoms with Crippen LogP contribution in [0.15, 0.2) is 24.3 Å². The Morgan fingerprint density at radius 3 is 2.65 bits per heavy atom. The molecule has 1 fully saturated rings. The van der Waals surface area contributed by atoms with E-state index >= 15 is 0 Å². The average Bonchev–Trinajstić information content (AvgIpc) is 2.52. The van der Waals surface area contributed by atoms with Crippen molar-refractivity contribution in [1.29, 1.82) is 0 Å². The van der Waals surface area contributed by atoms with Crippen LogP contribution in [0.1, 0.15) is 18.1 Å². The molecule has 5 heteroatoms. The van der Waals surface area contributed by atoms with Gasteiger partial charge in [0.15, 0.2) is 5.60 Å². The highest BCUT2D eigenvalue weighted by Gasteiger charge is 2.44. The van der Waals surface area contributed by atoms with Crippen LogP contribution in [0.25, 0.3) is 0 Å². The average molecular weight is 298 g/mol. The number of ether oxygens (including phenoxy) is 1. The second-order valence-electron chi connectivity index (χ2n) is 4.20. The van der Waals surface area contributed by atoms with Gasteiger partial charge in [-0.15, -0.1) is 0 Å². The number of alkyl halides is 1. The molecule has 0 radical (unpaired) electrons. The lowest BCUT2D eigenvalue weighted by Crippen LogP contribution is -2.38. The Morgan fingerprint density at radius 2 is 2.06 bits per heavy atom. The molecule has 4 nitrogen and oxygen atoms in total. The number of hydrogen-bond donors (Lipinski definition) is 1. The summed E-state index contributed by atoms with van der Waals surface area (Å²) >= 11 is 3.37. The number of halogens is 1. The van der Waals surface area contributed by atoms with Gasteiger partial charge < -0.3 is 4.74 Å². The molecular weight excluding hydrogens is 286 g/mol. The first kappa shape index (κ1) is 12.1. The lowest BCUT2D eigenvalue weighted by molar-refractivity contribution is -0.129. The smallest absolute Gasteiger partial charge is 0.415 e. The minimum Gasteiger partial charge on any atom is -0.432 e. The van der Waals surface area contributed by atoms with Crippen LogP contribution in [-0.4, -0.2) is 17.6 Å². The Bertz CT molecular complexity index is 475. The maximum absolute atomic E-state index is 11.6. The summed E-state index contributed by atoms with van der Waals surface area (Å²) in [5.74, 6) is -0.383. The van der Waals surface area contributed by atoms with E-state index in [-0.39, 0.29) is 5.91 Å². The predicted molar refractivity (Wildman–Crippen MR) is 65.8 cm³/mol. The number of benzene rings is 1. The summed E-state index contributed by atoms with van der Waals surface area (Å²) < 4.78 is 5.03. The van der Waals surface area contributed by atoms with E-state index in [9.17, 15) is 9.59 Å². The Balaban J connectivity index is 2.20. The first-order chi connectivity index (χ1) is 8.03. The van der Waals surface area contributed by atoms with Crippen LogP contribution in [0.3, 0.4) is 0 Å². The van der Waals surface area contributed by atoms with E-state index in [1.807, 2.05) is 24.3 Å². The maximum Gasteiger partial charge on any atom is 0.415 e. The molecule has 17 heavy (non-hydrogen) atoms. The third-order valence-corrected chi connectivity index (χ3v) is 3.35. The van der Waals surface area contributed by atoms with Crippen molar-refractivity contribution < 1.29 is 14.3 Å². The Morgan fingerprint density at radius 1 is 1.35 bits per heavy atom. The van der Waals surface area contributed by atoms with Gasteiger partial charge in [0.25, 0.3) is 5.91 Å². The van der Waals surface area contributed by atoms with Crippen LogP contribution in [0.5, 0.6) is 0 Å². The molecule has 2 rings (SSSR count). The molecule has 1 saturated heterocycles. The van der Waals surface area contributed by atoms with Gasteiger partial charge in [0.2, 0.25) is 0 Å². The second kappa shape index (κ2) is 4.49. The fourth-order valence-corrected chi connectivity index (χ4v) is 2.18. The van der Waals surface area contributed by atoms with Gasteiger partial charge in [-0.1, -0.05) is 40.2 Å². The van der Waals surface area contributed by atoms with Crippen LogP contribution >= 0.6 is 15.9 Å². The molecule has 1 atom stereocenters. The molecule has 0 saturated carbocycles. The molecular formula is C12H12BrNO3. The van der Waals surface area contributed by atoms with E-state index in [4.69, 9.17) is 4.74 Å². The molecule has 0 aromatic heterocycles. The third-order valence-electron chi connectivity index (χ3n) is 2.70. The summed E-state index contributed by atoms with van der Waals surface area (Å²) in [6.45, 7) is 1.62. The molecule has 2 amide bonds. The summed E-state index contributed by atoms with van der Waals surface area (Å²) in [7, 11) is 0. The molecule has 90 valence electrons. The standard InChI is InChI=1S/C12H12BrNO3/c1-12(10(15)14-11(16)17-12)6-8-3-2-4-9(5-8)7-13/h2-5H,6-7H2,1H3,(H,14,15,16)/t12-/m1/s1. The van der Waals surface area contributed by atoms with Gasteiger partial charge >= 0.3 is 6.09 Å². The van der Waals surface area contributed by atoms with Crippen LogP contribution < -0.4 is 5.32 Å². The van der Waals surface area contributed by atoms with Crippen LogP contribution in [0, 0.1) is 0 Å². The van der Waals surface area contributed by atoms with Crippen LogP contribution in [0.4, 0.5) is 4.79 Å². The lowest BCUT2D eigenvalue weighted by Gasteiger charge is -2.19. The summed E-state index contributed by atoms with van der Waals surface area (Å²) in [6.07, 6.45) is -0.292. The van der Waals surface area contributed by atoms with E-state index in [2.05, 4.69) is 21.2 Å². The zero-order valence-corrected chi connectivity index (χ0v) is 10.9. The van der Waals surface area contributed by atoms with Gasteiger partial charge in [0, 0.05) is 11.8 Å². The quantitative estimate of drug-likeness (QED) is 0.870. The highest BCUT2D eigenvalue weighted by Crippen LogP contribution is 2.23. The third kappa shape index (κ3) is 2.49. The zero-order chi connectivity index (χ0) is 12.5. The molecule has 0 bridgehead atoms. The second-order valence-corrected chi connectivity index (χ2v) is 4.77. The number of nitrogens with one attached hydrogen (secondary N) is 1. The zero-order valence-electron chi connectivity index (χ0n) is 9.33. The van der Waals surface area contributed by atoms with Crippen molar-refractivity contribution in [3.63, 3.8) is 0 Å². The van der Waals surface area contributed by atoms with Gasteiger partial charge in [-0.2, -0.15) is 0 Å². The molecule has 1 N–H and O–H groups in total. The highest BCUT2D eigenvalue weighted by atomic mass is 79.9. The number of carbonyl (C=O) groups excluding carboxylic acids is 2. The summed E-state index contributed by atoms with van der Waals surface area (Å²) in [5.41, 5.74) is 0.993. The van der Waals surface area contributed by atoms with Crippen molar-refractivity contribution in [1.82, 2.24) is 5.32 Å². The van der Waals surface area contributed by atoms with E-state index in [0.717, 1.165) is 16.5 Å². The SMILES string of the molecule is C[C@]1(Cc2cccc(CBr)c2)OC(=O)NC1=O. The van der Waals surface area contributed by atoms with Gasteiger partial charge in [0.1, 0.15) is 0 Å². The molecule has 0 unspecified atom stereocenters. The van der Waals surface area contributed by atoms with Crippen LogP contribution in [0.2, 0.25) is 0 Å². The van der Waals surface area contributed by atoms with Crippen molar-refractivity contribution in [3.8, 4) is 0 Å². The van der Waals surface area contributed by atoms with Gasteiger partial charge in [-0.3, -0.25) is 10.1 Å². The first-order valence-electron chi connectivity index (χ1n) is 5.22. The molecule has 1 aliphatic rings. The Kier molecular flexibility index (Phi) is 3.19. The lowest BCUT2D eigenvalue weighted by atomic mass is 9.95. The van der Waals surface area contributed by atoms with Crippen LogP contribution in [-0.2, 0) is 21.3 Å². The summed E-state index contributed by atoms with van der Waals surface area (Å²) in [4.78, 5) is 22.6. The number of hydrogen-bond acceptors (Lipinski definition) is 3. The summed E-state index contributed by atoms with van der Waals surface area (Å²) in [5, 5.41) is 2.90. The number of carbonyl (C=O) groups is 2. The van der Waals surface area contributed by atoms with E-state index < -0.39 is 11.7 Å². The van der Waals surface area contributed by atoms with Crippen molar-refractivity contribution in [2.75, 3.05) is 0 Å². The maximum atomic E-state index is 11.6. The van der Waals surface area contributed by atoms with Crippen molar-refractivity contribution >= 4 is 27.9 Å². The first-order valence-corrected chi connectivity index (χ1v) is 6.34. The minimum absolute atomic E-state index is 0.380. The number of imide groups is 1. The predicted octanol–water partition coefficient (Wildman–Crippen LogP) is 2.15. The van der Waals surface area contributed by atoms with Crippen molar-refractivity contribution in [3.05, 3.63) is 35.4 Å². The number of cyclic esters (lactones) is 1. The molecule has 1 aromatic carbocycles. The van der Waals surface area contributed by atoms with Gasteiger partial charge in [-0.05, 0) is 18.1 Å². The van der Waals surface area contributed by atoms with Gasteiger partial charge in [0.05, 0.1) is 0 Å². The molecule has 0 aliphatic carbocycles. The number of amides is 2. The number of alkyl carbamates (subject to hydrolysis) is 1. The monoisotopic (exact) mass is 297 g/mol. The van der Waals surface area contributed by atoms with Crippen molar-refractivity contribution in [2.45, 2.75) is 24.3 Å². The van der Waals surface area contributed by atoms with Crippen molar-refractivity contribution in [2.24, 2.45) is 0 Å².